The molecule has 0 fully saturated rings. The molecule has 0 atom stereocenters. The average molecular weight is 559 g/mol. The highest BCUT2D eigenvalue weighted by atomic mass is 127. The van der Waals surface area contributed by atoms with Crippen molar-refractivity contribution in [3.8, 4) is 0 Å². The molecule has 0 aliphatic rings. The van der Waals surface area contributed by atoms with Crippen molar-refractivity contribution in [2.24, 2.45) is 4.99 Å². The average Bonchev–Trinajstić information content (AvgIpc) is 2.71. The van der Waals surface area contributed by atoms with E-state index in [1.807, 2.05) is 19.1 Å². The largest absolute Gasteiger partial charge is 0.469 e. The van der Waals surface area contributed by atoms with E-state index >= 15 is 0 Å². The number of unbranched alkanes of at least 4 members (excludes halogenated alkanes) is 3. The normalized spacial score (nSPS) is 11.6. The first-order valence-electron chi connectivity index (χ1n) is 10.2. The van der Waals surface area contributed by atoms with Crippen LogP contribution in [-0.2, 0) is 27.4 Å². The molecule has 2 N–H and O–H groups in total. The Balaban J connectivity index is 0.00000900. The number of hydrogen-bond acceptors (Lipinski definition) is 4. The van der Waals surface area contributed by atoms with Crippen LogP contribution in [0.25, 0.3) is 0 Å². The van der Waals surface area contributed by atoms with Gasteiger partial charge in [-0.05, 0) is 30.9 Å². The van der Waals surface area contributed by atoms with Gasteiger partial charge in [0.15, 0.2) is 5.96 Å². The molecular formula is C21H33F3IN3O3. The number of ether oxygens (including phenoxy) is 2. The van der Waals surface area contributed by atoms with Crippen LogP contribution >= 0.6 is 24.0 Å². The second kappa shape index (κ2) is 17.0. The minimum atomic E-state index is -4.31. The SMILES string of the molecule is CCNC(=NCc1ccc(COCC(F)(F)F)cc1)NCCCCCCC(=O)OC.I. The third-order valence-corrected chi connectivity index (χ3v) is 4.15. The van der Waals surface area contributed by atoms with E-state index in [0.29, 0.717) is 24.5 Å². The number of halogens is 4. The molecule has 0 saturated carbocycles. The van der Waals surface area contributed by atoms with Gasteiger partial charge in [-0.25, -0.2) is 4.99 Å². The third kappa shape index (κ3) is 15.8. The Hall–Kier alpha value is -1.56. The number of esters is 1. The lowest BCUT2D eigenvalue weighted by atomic mass is 10.1. The van der Waals surface area contributed by atoms with Gasteiger partial charge in [-0.15, -0.1) is 24.0 Å². The number of carbonyl (C=O) groups is 1. The predicted octanol–water partition coefficient (Wildman–Crippen LogP) is 4.56. The highest BCUT2D eigenvalue weighted by Gasteiger charge is 2.27. The molecule has 0 spiro atoms. The summed E-state index contributed by atoms with van der Waals surface area (Å²) in [7, 11) is 1.40. The molecule has 178 valence electrons. The fraction of sp³-hybridized carbons (Fsp3) is 0.619. The maximum absolute atomic E-state index is 12.1. The summed E-state index contributed by atoms with van der Waals surface area (Å²) in [6, 6.07) is 7.16. The van der Waals surface area contributed by atoms with Crippen molar-refractivity contribution in [1.29, 1.82) is 0 Å². The van der Waals surface area contributed by atoms with E-state index < -0.39 is 12.8 Å². The Bertz CT molecular complexity index is 641. The van der Waals surface area contributed by atoms with E-state index in [2.05, 4.69) is 25.1 Å². The molecule has 0 aliphatic heterocycles. The number of nitrogens with zero attached hydrogens (tertiary/aromatic N) is 1. The Morgan fingerprint density at radius 3 is 2.29 bits per heavy atom. The van der Waals surface area contributed by atoms with Gasteiger partial charge in [0.05, 0.1) is 20.3 Å². The smallest absolute Gasteiger partial charge is 0.411 e. The summed E-state index contributed by atoms with van der Waals surface area (Å²) >= 11 is 0. The van der Waals surface area contributed by atoms with Gasteiger partial charge >= 0.3 is 12.1 Å². The van der Waals surface area contributed by atoms with Crippen LogP contribution in [0.1, 0.15) is 50.2 Å². The quantitative estimate of drug-likeness (QED) is 0.122. The van der Waals surface area contributed by atoms with Crippen molar-refractivity contribution < 1.29 is 27.4 Å². The van der Waals surface area contributed by atoms with E-state index in [1.54, 1.807) is 12.1 Å². The van der Waals surface area contributed by atoms with Crippen molar-refractivity contribution in [2.45, 2.75) is 58.4 Å². The van der Waals surface area contributed by atoms with E-state index in [1.165, 1.54) is 7.11 Å². The van der Waals surface area contributed by atoms with Gasteiger partial charge in [0.25, 0.3) is 0 Å². The second-order valence-corrected chi connectivity index (χ2v) is 6.79. The molecule has 0 bridgehead atoms. The number of carbonyl (C=O) groups excluding carboxylic acids is 1. The van der Waals surface area contributed by atoms with E-state index in [4.69, 9.17) is 0 Å². The maximum Gasteiger partial charge on any atom is 0.411 e. The summed E-state index contributed by atoms with van der Waals surface area (Å²) in [6.45, 7) is 2.63. The zero-order valence-corrected chi connectivity index (χ0v) is 20.4. The standard InChI is InChI=1S/C21H32F3N3O3.HI/c1-3-25-20(26-13-7-5-4-6-8-19(28)29-2)27-14-17-9-11-18(12-10-17)15-30-16-21(22,23)24;/h9-12H,3-8,13-16H2,1-2H3,(H2,25,26,27);1H. The minimum Gasteiger partial charge on any atom is -0.469 e. The van der Waals surface area contributed by atoms with Gasteiger partial charge in [-0.3, -0.25) is 4.79 Å². The second-order valence-electron chi connectivity index (χ2n) is 6.79. The van der Waals surface area contributed by atoms with Gasteiger partial charge < -0.3 is 20.1 Å². The Morgan fingerprint density at radius 1 is 1.03 bits per heavy atom. The summed E-state index contributed by atoms with van der Waals surface area (Å²) in [5, 5.41) is 6.46. The van der Waals surface area contributed by atoms with Crippen molar-refractivity contribution in [2.75, 3.05) is 26.8 Å². The number of nitrogens with one attached hydrogen (secondary N) is 2. The Kier molecular flexibility index (Phi) is 16.2. The predicted molar refractivity (Wildman–Crippen MR) is 125 cm³/mol. The highest BCUT2D eigenvalue weighted by molar-refractivity contribution is 14.0. The number of benzene rings is 1. The fourth-order valence-corrected chi connectivity index (χ4v) is 2.59. The van der Waals surface area contributed by atoms with Crippen LogP contribution in [0.5, 0.6) is 0 Å². The molecular weight excluding hydrogens is 526 g/mol. The van der Waals surface area contributed by atoms with Crippen LogP contribution in [0.15, 0.2) is 29.3 Å². The number of rotatable bonds is 13. The number of aliphatic imine (C=N–C) groups is 1. The first kappa shape index (κ1) is 29.4. The molecule has 6 nitrogen and oxygen atoms in total. The zero-order chi connectivity index (χ0) is 22.2. The number of alkyl halides is 3. The lowest BCUT2D eigenvalue weighted by Gasteiger charge is -2.11. The van der Waals surface area contributed by atoms with Gasteiger partial charge in [0.1, 0.15) is 6.61 Å². The van der Waals surface area contributed by atoms with E-state index in [-0.39, 0.29) is 36.6 Å². The van der Waals surface area contributed by atoms with Crippen molar-refractivity contribution in [3.05, 3.63) is 35.4 Å². The lowest BCUT2D eigenvalue weighted by Crippen LogP contribution is -2.37. The van der Waals surface area contributed by atoms with Crippen LogP contribution in [0, 0.1) is 0 Å². The number of methoxy groups -OCH3 is 1. The summed E-state index contributed by atoms with van der Waals surface area (Å²) in [5.41, 5.74) is 1.64. The zero-order valence-electron chi connectivity index (χ0n) is 18.1. The Labute approximate surface area is 199 Å². The van der Waals surface area contributed by atoms with Crippen LogP contribution < -0.4 is 10.6 Å². The monoisotopic (exact) mass is 559 g/mol. The van der Waals surface area contributed by atoms with Gasteiger partial charge in [-0.2, -0.15) is 13.2 Å². The molecule has 1 aromatic carbocycles. The molecule has 31 heavy (non-hydrogen) atoms. The molecule has 0 radical (unpaired) electrons. The van der Waals surface area contributed by atoms with Crippen LogP contribution in [0.4, 0.5) is 13.2 Å². The molecule has 0 unspecified atom stereocenters. The lowest BCUT2D eigenvalue weighted by molar-refractivity contribution is -0.176. The van der Waals surface area contributed by atoms with E-state index in [9.17, 15) is 18.0 Å². The molecule has 1 rings (SSSR count). The van der Waals surface area contributed by atoms with Crippen molar-refractivity contribution >= 4 is 35.9 Å². The third-order valence-electron chi connectivity index (χ3n) is 4.15. The van der Waals surface area contributed by atoms with Gasteiger partial charge in [0.2, 0.25) is 0 Å². The first-order chi connectivity index (χ1) is 14.3. The summed E-state index contributed by atoms with van der Waals surface area (Å²) in [4.78, 5) is 15.6. The minimum absolute atomic E-state index is 0. The number of hydrogen-bond donors (Lipinski definition) is 2. The molecule has 0 aliphatic carbocycles. The summed E-state index contributed by atoms with van der Waals surface area (Å²) in [6.07, 6.45) is -0.0598. The van der Waals surface area contributed by atoms with Gasteiger partial charge in [0, 0.05) is 19.5 Å². The first-order valence-corrected chi connectivity index (χ1v) is 10.2. The van der Waals surface area contributed by atoms with Crippen molar-refractivity contribution in [1.82, 2.24) is 10.6 Å². The topological polar surface area (TPSA) is 72.0 Å². The number of guanidine groups is 1. The molecule has 0 aromatic heterocycles. The molecule has 1 aromatic rings. The molecule has 10 heteroatoms. The Morgan fingerprint density at radius 2 is 1.68 bits per heavy atom. The van der Waals surface area contributed by atoms with Crippen LogP contribution in [0.3, 0.4) is 0 Å². The highest BCUT2D eigenvalue weighted by Crippen LogP contribution is 2.16. The molecule has 0 amide bonds. The molecule has 0 saturated heterocycles. The van der Waals surface area contributed by atoms with Crippen LogP contribution in [0.2, 0.25) is 0 Å². The van der Waals surface area contributed by atoms with E-state index in [0.717, 1.165) is 44.3 Å². The maximum atomic E-state index is 12.1. The summed E-state index contributed by atoms with van der Waals surface area (Å²) in [5.74, 6) is 0.543. The fourth-order valence-electron chi connectivity index (χ4n) is 2.59. The summed E-state index contributed by atoms with van der Waals surface area (Å²) < 4.78 is 45.6. The van der Waals surface area contributed by atoms with Crippen molar-refractivity contribution in [3.63, 3.8) is 0 Å². The van der Waals surface area contributed by atoms with Crippen LogP contribution in [-0.4, -0.2) is 44.9 Å². The van der Waals surface area contributed by atoms with Gasteiger partial charge in [-0.1, -0.05) is 37.1 Å². The molecule has 0 heterocycles.